The van der Waals surface area contributed by atoms with Gasteiger partial charge in [0.2, 0.25) is 5.13 Å². The number of hydrogen-bond acceptors (Lipinski definition) is 6. The molecule has 0 bridgehead atoms. The molecule has 2 aromatic carbocycles. The van der Waals surface area contributed by atoms with Gasteiger partial charge in [-0.25, -0.2) is 4.68 Å². The lowest BCUT2D eigenvalue weighted by Crippen LogP contribution is -1.93. The maximum atomic E-state index is 5.66. The normalized spacial score (nSPS) is 10.9. The summed E-state index contributed by atoms with van der Waals surface area (Å²) < 4.78 is 2.79. The first kappa shape index (κ1) is 15.9. The molecule has 2 N–H and O–H groups in total. The quantitative estimate of drug-likeness (QED) is 0.535. The standard InChI is InChI=1S/C18H15N5S2/c19-17-20-21-18(25-17)24-12-14-11-23(15-9-5-2-6-10-15)22-16(14)13-7-3-1-4-8-13/h1-11H,12H2,(H2,19,20). The zero-order valence-electron chi connectivity index (χ0n) is 13.2. The fraction of sp³-hybridized carbons (Fsp3) is 0.0556. The Morgan fingerprint density at radius 1 is 0.960 bits per heavy atom. The van der Waals surface area contributed by atoms with Crippen LogP contribution in [0.4, 0.5) is 5.13 Å². The van der Waals surface area contributed by atoms with Gasteiger partial charge in [0.1, 0.15) is 0 Å². The Morgan fingerprint density at radius 2 is 1.68 bits per heavy atom. The molecule has 0 aliphatic heterocycles. The van der Waals surface area contributed by atoms with Gasteiger partial charge in [-0.1, -0.05) is 71.6 Å². The second-order valence-electron chi connectivity index (χ2n) is 5.34. The Morgan fingerprint density at radius 3 is 2.36 bits per heavy atom. The first-order valence-corrected chi connectivity index (χ1v) is 9.51. The van der Waals surface area contributed by atoms with Crippen molar-refractivity contribution in [3.8, 4) is 16.9 Å². The summed E-state index contributed by atoms with van der Waals surface area (Å²) in [6.07, 6.45) is 2.08. The molecular formula is C18H15N5S2. The lowest BCUT2D eigenvalue weighted by atomic mass is 10.1. The SMILES string of the molecule is Nc1nnc(SCc2cn(-c3ccccc3)nc2-c2ccccc2)s1. The van der Waals surface area contributed by atoms with Crippen molar-refractivity contribution in [1.29, 1.82) is 0 Å². The summed E-state index contributed by atoms with van der Waals surface area (Å²) >= 11 is 3.03. The van der Waals surface area contributed by atoms with Crippen molar-refractivity contribution in [1.82, 2.24) is 20.0 Å². The average Bonchev–Trinajstić information content (AvgIpc) is 3.28. The van der Waals surface area contributed by atoms with Crippen molar-refractivity contribution in [2.45, 2.75) is 10.1 Å². The highest BCUT2D eigenvalue weighted by Gasteiger charge is 2.13. The Balaban J connectivity index is 1.69. The van der Waals surface area contributed by atoms with E-state index >= 15 is 0 Å². The molecule has 7 heteroatoms. The summed E-state index contributed by atoms with van der Waals surface area (Å²) in [6.45, 7) is 0. The van der Waals surface area contributed by atoms with Crippen LogP contribution in [0.25, 0.3) is 16.9 Å². The predicted octanol–water partition coefficient (Wildman–Crippen LogP) is 4.27. The van der Waals surface area contributed by atoms with Crippen molar-refractivity contribution < 1.29 is 0 Å². The number of nitrogens with zero attached hydrogens (tertiary/aromatic N) is 4. The summed E-state index contributed by atoms with van der Waals surface area (Å²) in [7, 11) is 0. The van der Waals surface area contributed by atoms with Crippen LogP contribution < -0.4 is 5.73 Å². The maximum Gasteiger partial charge on any atom is 0.203 e. The van der Waals surface area contributed by atoms with Gasteiger partial charge in [-0.2, -0.15) is 5.10 Å². The van der Waals surface area contributed by atoms with Crippen LogP contribution in [0.3, 0.4) is 0 Å². The molecule has 0 unspecified atom stereocenters. The molecule has 0 saturated carbocycles. The zero-order valence-corrected chi connectivity index (χ0v) is 14.9. The van der Waals surface area contributed by atoms with Gasteiger partial charge in [-0.05, 0) is 12.1 Å². The lowest BCUT2D eigenvalue weighted by molar-refractivity contribution is 0.884. The van der Waals surface area contributed by atoms with E-state index in [2.05, 4.69) is 28.5 Å². The van der Waals surface area contributed by atoms with Crippen LogP contribution >= 0.6 is 23.1 Å². The highest BCUT2D eigenvalue weighted by atomic mass is 32.2. The first-order valence-electron chi connectivity index (χ1n) is 7.71. The number of anilines is 1. The van der Waals surface area contributed by atoms with Crippen molar-refractivity contribution in [2.75, 3.05) is 5.73 Å². The monoisotopic (exact) mass is 365 g/mol. The number of hydrogen-bond donors (Lipinski definition) is 1. The van der Waals surface area contributed by atoms with E-state index in [-0.39, 0.29) is 0 Å². The number of benzene rings is 2. The number of nitrogen functional groups attached to an aromatic ring is 1. The van der Waals surface area contributed by atoms with Crippen molar-refractivity contribution in [3.63, 3.8) is 0 Å². The van der Waals surface area contributed by atoms with Crippen LogP contribution in [0.2, 0.25) is 0 Å². The van der Waals surface area contributed by atoms with Gasteiger partial charge in [-0.3, -0.25) is 0 Å². The molecular weight excluding hydrogens is 350 g/mol. The molecule has 4 rings (SSSR count). The minimum absolute atomic E-state index is 0.491. The Kier molecular flexibility index (Phi) is 4.49. The van der Waals surface area contributed by atoms with Gasteiger partial charge in [-0.15, -0.1) is 10.2 Å². The Hall–Kier alpha value is -2.64. The second kappa shape index (κ2) is 7.08. The van der Waals surface area contributed by atoms with E-state index < -0.39 is 0 Å². The highest BCUT2D eigenvalue weighted by Crippen LogP contribution is 2.31. The largest absolute Gasteiger partial charge is 0.374 e. The van der Waals surface area contributed by atoms with E-state index in [1.807, 2.05) is 53.2 Å². The fourth-order valence-electron chi connectivity index (χ4n) is 2.49. The lowest BCUT2D eigenvalue weighted by Gasteiger charge is -2.01. The number of aromatic nitrogens is 4. The van der Waals surface area contributed by atoms with Crippen LogP contribution in [-0.2, 0) is 5.75 Å². The summed E-state index contributed by atoms with van der Waals surface area (Å²) in [5, 5.41) is 13.3. The first-order chi connectivity index (χ1) is 12.3. The van der Waals surface area contributed by atoms with E-state index in [0.29, 0.717) is 5.13 Å². The van der Waals surface area contributed by atoms with E-state index in [1.54, 1.807) is 11.8 Å². The minimum Gasteiger partial charge on any atom is -0.374 e. The van der Waals surface area contributed by atoms with Gasteiger partial charge in [0.15, 0.2) is 4.34 Å². The molecule has 2 heterocycles. The third kappa shape index (κ3) is 3.57. The third-order valence-electron chi connectivity index (χ3n) is 3.63. The third-order valence-corrected chi connectivity index (χ3v) is 5.57. The van der Waals surface area contributed by atoms with E-state index in [4.69, 9.17) is 10.8 Å². The number of thioether (sulfide) groups is 1. The van der Waals surface area contributed by atoms with Crippen molar-refractivity contribution in [2.24, 2.45) is 0 Å². The topological polar surface area (TPSA) is 69.6 Å². The number of para-hydroxylation sites is 1. The molecule has 0 aliphatic carbocycles. The van der Waals surface area contributed by atoms with Crippen LogP contribution in [0, 0.1) is 0 Å². The van der Waals surface area contributed by atoms with Crippen molar-refractivity contribution in [3.05, 3.63) is 72.4 Å². The Labute approximate surface area is 153 Å². The molecule has 0 saturated heterocycles. The number of nitrogens with two attached hydrogens (primary N) is 1. The van der Waals surface area contributed by atoms with Gasteiger partial charge < -0.3 is 5.73 Å². The molecule has 0 amide bonds. The molecule has 0 radical (unpaired) electrons. The van der Waals surface area contributed by atoms with E-state index in [1.165, 1.54) is 11.3 Å². The average molecular weight is 365 g/mol. The molecule has 5 nitrogen and oxygen atoms in total. The maximum absolute atomic E-state index is 5.66. The Bertz CT molecular complexity index is 964. The van der Waals surface area contributed by atoms with Crippen LogP contribution in [0.1, 0.15) is 5.56 Å². The minimum atomic E-state index is 0.491. The molecule has 124 valence electrons. The molecule has 0 fully saturated rings. The molecule has 4 aromatic rings. The van der Waals surface area contributed by atoms with Gasteiger partial charge in [0, 0.05) is 23.1 Å². The smallest absolute Gasteiger partial charge is 0.203 e. The second-order valence-corrected chi connectivity index (χ2v) is 7.58. The van der Waals surface area contributed by atoms with Gasteiger partial charge >= 0.3 is 0 Å². The predicted molar refractivity (Wildman–Crippen MR) is 103 cm³/mol. The van der Waals surface area contributed by atoms with Crippen LogP contribution in [-0.4, -0.2) is 20.0 Å². The van der Waals surface area contributed by atoms with Crippen LogP contribution in [0.15, 0.2) is 71.2 Å². The van der Waals surface area contributed by atoms with E-state index in [0.717, 1.165) is 32.6 Å². The molecule has 0 spiro atoms. The van der Waals surface area contributed by atoms with Gasteiger partial charge in [0.25, 0.3) is 0 Å². The summed E-state index contributed by atoms with van der Waals surface area (Å²) in [6, 6.07) is 20.3. The molecule has 0 atom stereocenters. The molecule has 2 aromatic heterocycles. The highest BCUT2D eigenvalue weighted by molar-refractivity contribution is 8.00. The zero-order chi connectivity index (χ0) is 17.1. The van der Waals surface area contributed by atoms with E-state index in [9.17, 15) is 0 Å². The van der Waals surface area contributed by atoms with Crippen LogP contribution in [0.5, 0.6) is 0 Å². The van der Waals surface area contributed by atoms with Gasteiger partial charge in [0.05, 0.1) is 11.4 Å². The fourth-order valence-corrected chi connectivity index (χ4v) is 4.09. The number of rotatable bonds is 5. The molecule has 25 heavy (non-hydrogen) atoms. The van der Waals surface area contributed by atoms with Crippen molar-refractivity contribution >= 4 is 28.2 Å². The molecule has 0 aliphatic rings. The summed E-state index contributed by atoms with van der Waals surface area (Å²) in [4.78, 5) is 0. The summed E-state index contributed by atoms with van der Waals surface area (Å²) in [5.74, 6) is 0.756. The summed E-state index contributed by atoms with van der Waals surface area (Å²) in [5.41, 5.74) is 9.93.